The van der Waals surface area contributed by atoms with E-state index in [4.69, 9.17) is 0 Å². The Hall–Kier alpha value is -0.260. The first-order chi connectivity index (χ1) is 7.43. The van der Waals surface area contributed by atoms with Crippen molar-refractivity contribution in [3.63, 3.8) is 0 Å². The molecular weight excluding hydrogens is 180 g/mol. The van der Waals surface area contributed by atoms with Gasteiger partial charge in [-0.3, -0.25) is 0 Å². The predicted octanol–water partition coefficient (Wildman–Crippen LogP) is 5.48. The van der Waals surface area contributed by atoms with E-state index in [9.17, 15) is 0 Å². The maximum atomic E-state index is 2.44. The maximum absolute atomic E-state index is 2.44. The highest BCUT2D eigenvalue weighted by atomic mass is 14.1. The van der Waals surface area contributed by atoms with Gasteiger partial charge in [0.05, 0.1) is 0 Å². The van der Waals surface area contributed by atoms with Gasteiger partial charge in [0.2, 0.25) is 0 Å². The lowest BCUT2D eigenvalue weighted by molar-refractivity contribution is 0.449. The van der Waals surface area contributed by atoms with Crippen LogP contribution in [-0.2, 0) is 0 Å². The van der Waals surface area contributed by atoms with Gasteiger partial charge in [-0.2, -0.15) is 0 Å². The molecule has 0 heteroatoms. The van der Waals surface area contributed by atoms with E-state index in [1.54, 1.807) is 0 Å². The van der Waals surface area contributed by atoms with E-state index >= 15 is 0 Å². The number of allylic oxidation sites excluding steroid dienone is 2. The Morgan fingerprint density at radius 3 is 1.47 bits per heavy atom. The van der Waals surface area contributed by atoms with Gasteiger partial charge in [0, 0.05) is 0 Å². The van der Waals surface area contributed by atoms with Crippen LogP contribution in [0.25, 0.3) is 0 Å². The fourth-order valence-electron chi connectivity index (χ4n) is 2.66. The Labute approximate surface area is 96.2 Å². The van der Waals surface area contributed by atoms with Gasteiger partial charge in [-0.25, -0.2) is 0 Å². The molecule has 1 aliphatic rings. The first-order valence-corrected chi connectivity index (χ1v) is 7.06. The SMILES string of the molecule is CC=CC1CCCCCCCCCCC1. The summed E-state index contributed by atoms with van der Waals surface area (Å²) in [6.45, 7) is 2.16. The molecule has 0 amide bonds. The Morgan fingerprint density at radius 2 is 1.07 bits per heavy atom. The van der Waals surface area contributed by atoms with Gasteiger partial charge in [-0.05, 0) is 25.7 Å². The topological polar surface area (TPSA) is 0 Å². The summed E-state index contributed by atoms with van der Waals surface area (Å²) < 4.78 is 0. The molecule has 0 heterocycles. The Bertz CT molecular complexity index is 145. The smallest absolute Gasteiger partial charge is 0.0234 e. The van der Waals surface area contributed by atoms with Crippen molar-refractivity contribution in [2.24, 2.45) is 5.92 Å². The maximum Gasteiger partial charge on any atom is -0.0234 e. The first-order valence-electron chi connectivity index (χ1n) is 7.06. The molecule has 0 aromatic carbocycles. The molecule has 88 valence electrons. The third kappa shape index (κ3) is 6.76. The van der Waals surface area contributed by atoms with Crippen LogP contribution in [0.2, 0.25) is 0 Å². The lowest BCUT2D eigenvalue weighted by atomic mass is 9.92. The van der Waals surface area contributed by atoms with Crippen LogP contribution >= 0.6 is 0 Å². The summed E-state index contributed by atoms with van der Waals surface area (Å²) >= 11 is 0. The van der Waals surface area contributed by atoms with E-state index < -0.39 is 0 Å². The van der Waals surface area contributed by atoms with Gasteiger partial charge >= 0.3 is 0 Å². The molecule has 0 aromatic rings. The van der Waals surface area contributed by atoms with Gasteiger partial charge in [-0.1, -0.05) is 69.9 Å². The summed E-state index contributed by atoms with van der Waals surface area (Å²) in [6, 6.07) is 0. The lowest BCUT2D eigenvalue weighted by Gasteiger charge is -2.13. The minimum Gasteiger partial charge on any atom is -0.0914 e. The zero-order chi connectivity index (χ0) is 10.8. The first kappa shape index (κ1) is 12.8. The van der Waals surface area contributed by atoms with Crippen molar-refractivity contribution in [3.8, 4) is 0 Å². The molecule has 0 unspecified atom stereocenters. The van der Waals surface area contributed by atoms with Crippen LogP contribution in [0.1, 0.15) is 77.6 Å². The molecule has 0 aromatic heterocycles. The zero-order valence-corrected chi connectivity index (χ0v) is 10.5. The molecule has 15 heavy (non-hydrogen) atoms. The summed E-state index contributed by atoms with van der Waals surface area (Å²) in [4.78, 5) is 0. The Kier molecular flexibility index (Phi) is 7.69. The van der Waals surface area contributed by atoms with Crippen LogP contribution < -0.4 is 0 Å². The molecule has 0 saturated heterocycles. The van der Waals surface area contributed by atoms with Crippen molar-refractivity contribution in [1.29, 1.82) is 0 Å². The summed E-state index contributed by atoms with van der Waals surface area (Å²) in [5.41, 5.74) is 0. The van der Waals surface area contributed by atoms with E-state index in [1.165, 1.54) is 70.6 Å². The molecule has 0 radical (unpaired) electrons. The minimum atomic E-state index is 0.884. The van der Waals surface area contributed by atoms with Gasteiger partial charge in [0.1, 0.15) is 0 Å². The van der Waals surface area contributed by atoms with E-state index in [0.29, 0.717) is 0 Å². The quantitative estimate of drug-likeness (QED) is 0.500. The normalized spacial score (nSPS) is 23.5. The van der Waals surface area contributed by atoms with Crippen LogP contribution in [0, 0.1) is 5.92 Å². The fourth-order valence-corrected chi connectivity index (χ4v) is 2.66. The average Bonchev–Trinajstić information content (AvgIpc) is 2.22. The average molecular weight is 208 g/mol. The molecular formula is C15H28. The molecule has 0 atom stereocenters. The molecule has 0 nitrogen and oxygen atoms in total. The largest absolute Gasteiger partial charge is 0.0914 e. The van der Waals surface area contributed by atoms with Crippen molar-refractivity contribution in [1.82, 2.24) is 0 Å². The second kappa shape index (κ2) is 9.00. The molecule has 0 N–H and O–H groups in total. The van der Waals surface area contributed by atoms with E-state index in [2.05, 4.69) is 19.1 Å². The van der Waals surface area contributed by atoms with Crippen molar-refractivity contribution < 1.29 is 0 Å². The van der Waals surface area contributed by atoms with Gasteiger partial charge in [-0.15, -0.1) is 0 Å². The number of rotatable bonds is 1. The van der Waals surface area contributed by atoms with Gasteiger partial charge in [0.25, 0.3) is 0 Å². The Morgan fingerprint density at radius 1 is 0.667 bits per heavy atom. The van der Waals surface area contributed by atoms with E-state index in [0.717, 1.165) is 5.92 Å². The fraction of sp³-hybridized carbons (Fsp3) is 0.867. The molecule has 1 rings (SSSR count). The monoisotopic (exact) mass is 208 g/mol. The summed E-state index contributed by atoms with van der Waals surface area (Å²) in [5.74, 6) is 0.884. The lowest BCUT2D eigenvalue weighted by Crippen LogP contribution is -1.98. The van der Waals surface area contributed by atoms with Crippen LogP contribution in [0.4, 0.5) is 0 Å². The van der Waals surface area contributed by atoms with Crippen molar-refractivity contribution >= 4 is 0 Å². The highest BCUT2D eigenvalue weighted by Crippen LogP contribution is 2.21. The molecule has 0 spiro atoms. The Balaban J connectivity index is 2.25. The highest BCUT2D eigenvalue weighted by Gasteiger charge is 2.05. The van der Waals surface area contributed by atoms with E-state index in [-0.39, 0.29) is 0 Å². The van der Waals surface area contributed by atoms with Crippen LogP contribution in [0.15, 0.2) is 12.2 Å². The summed E-state index contributed by atoms with van der Waals surface area (Å²) in [7, 11) is 0. The summed E-state index contributed by atoms with van der Waals surface area (Å²) in [5, 5.41) is 0. The number of hydrogen-bond donors (Lipinski definition) is 0. The molecule has 1 saturated carbocycles. The van der Waals surface area contributed by atoms with Crippen molar-refractivity contribution in [3.05, 3.63) is 12.2 Å². The number of hydrogen-bond acceptors (Lipinski definition) is 0. The van der Waals surface area contributed by atoms with Crippen LogP contribution in [0.3, 0.4) is 0 Å². The molecule has 1 fully saturated rings. The second-order valence-corrected chi connectivity index (χ2v) is 5.05. The van der Waals surface area contributed by atoms with Gasteiger partial charge < -0.3 is 0 Å². The third-order valence-corrected chi connectivity index (χ3v) is 3.61. The molecule has 0 bridgehead atoms. The standard InChI is InChI=1S/C15H28/c1-2-12-15-13-10-8-6-4-3-5-7-9-11-14-15/h2,12,15H,3-11,13-14H2,1H3. The molecule has 1 aliphatic carbocycles. The highest BCUT2D eigenvalue weighted by molar-refractivity contribution is 4.85. The van der Waals surface area contributed by atoms with Crippen molar-refractivity contribution in [2.45, 2.75) is 77.6 Å². The second-order valence-electron chi connectivity index (χ2n) is 5.05. The third-order valence-electron chi connectivity index (χ3n) is 3.61. The van der Waals surface area contributed by atoms with Crippen LogP contribution in [0.5, 0.6) is 0 Å². The zero-order valence-electron chi connectivity index (χ0n) is 10.5. The van der Waals surface area contributed by atoms with Gasteiger partial charge in [0.15, 0.2) is 0 Å². The van der Waals surface area contributed by atoms with E-state index in [1.807, 2.05) is 0 Å². The predicted molar refractivity (Wildman–Crippen MR) is 69.1 cm³/mol. The summed E-state index contributed by atoms with van der Waals surface area (Å²) in [6.07, 6.45) is 20.8. The van der Waals surface area contributed by atoms with Crippen LogP contribution in [-0.4, -0.2) is 0 Å². The van der Waals surface area contributed by atoms with Crippen molar-refractivity contribution in [2.75, 3.05) is 0 Å². The minimum absolute atomic E-state index is 0.884. The molecule has 0 aliphatic heterocycles.